The number of rotatable bonds is 7. The van der Waals surface area contributed by atoms with Crippen molar-refractivity contribution in [2.45, 2.75) is 39.7 Å². The zero-order valence-corrected chi connectivity index (χ0v) is 10.9. The molecule has 0 fully saturated rings. The molecule has 0 rings (SSSR count). The molecular weight excluding hydrogens is 204 g/mol. The molecule has 0 aliphatic heterocycles. The molecule has 0 aromatic carbocycles. The van der Waals surface area contributed by atoms with Gasteiger partial charge in [0.1, 0.15) is 0 Å². The summed E-state index contributed by atoms with van der Waals surface area (Å²) >= 11 is 0. The summed E-state index contributed by atoms with van der Waals surface area (Å²) < 4.78 is 4.92. The fourth-order valence-corrected chi connectivity index (χ4v) is 1.44. The fraction of sp³-hybridized carbons (Fsp3) is 0.909. The number of guanidine groups is 1. The van der Waals surface area contributed by atoms with Crippen molar-refractivity contribution < 1.29 is 4.74 Å². The molecule has 0 aromatic rings. The highest BCUT2D eigenvalue weighted by molar-refractivity contribution is 5.79. The van der Waals surface area contributed by atoms with E-state index < -0.39 is 0 Å². The van der Waals surface area contributed by atoms with Crippen LogP contribution in [-0.4, -0.2) is 32.3 Å². The van der Waals surface area contributed by atoms with E-state index >= 15 is 0 Å². The molecule has 0 amide bonds. The highest BCUT2D eigenvalue weighted by Gasteiger charge is 2.08. The third-order valence-electron chi connectivity index (χ3n) is 2.54. The van der Waals surface area contributed by atoms with Crippen LogP contribution in [0.1, 0.15) is 33.6 Å². The van der Waals surface area contributed by atoms with E-state index in [1.807, 2.05) is 0 Å². The summed E-state index contributed by atoms with van der Waals surface area (Å²) in [5, 5.41) is 3.25. The minimum atomic E-state index is 0.368. The molecule has 0 saturated heterocycles. The third-order valence-corrected chi connectivity index (χ3v) is 2.54. The Hall–Kier alpha value is -0.810. The van der Waals surface area contributed by atoms with Crippen molar-refractivity contribution in [1.29, 1.82) is 0 Å². The molecule has 2 atom stereocenters. The maximum atomic E-state index is 5.38. The lowest BCUT2D eigenvalue weighted by Crippen LogP contribution is -2.46. The number of nitrogens with two attached hydrogens (primary N) is 1. The molecule has 96 valence electrons. The van der Waals surface area contributed by atoms with Gasteiger partial charge in [0.25, 0.3) is 0 Å². The molecule has 16 heavy (non-hydrogen) atoms. The standard InChI is InChI=1S/C11H26N4O/c1-5-9(2)8-10(3)14-11(15-12)13-6-7-16-4/h9-10H,5-8,12H2,1-4H3,(H2,13,14,15). The van der Waals surface area contributed by atoms with Gasteiger partial charge in [0.15, 0.2) is 0 Å². The summed E-state index contributed by atoms with van der Waals surface area (Å²) in [5.41, 5.74) is 2.57. The van der Waals surface area contributed by atoms with Crippen molar-refractivity contribution in [1.82, 2.24) is 10.7 Å². The Kier molecular flexibility index (Phi) is 8.94. The number of hydrogen-bond donors (Lipinski definition) is 3. The topological polar surface area (TPSA) is 71.7 Å². The lowest BCUT2D eigenvalue weighted by atomic mass is 10.0. The SMILES string of the molecule is CCC(C)CC(C)NC(=NCCOC)NN. The summed E-state index contributed by atoms with van der Waals surface area (Å²) in [5.74, 6) is 6.72. The number of hydrogen-bond acceptors (Lipinski definition) is 3. The molecule has 0 bridgehead atoms. The molecule has 0 spiro atoms. The maximum Gasteiger partial charge on any atom is 0.206 e. The first kappa shape index (κ1) is 15.2. The van der Waals surface area contributed by atoms with Crippen LogP contribution in [-0.2, 0) is 4.74 Å². The number of ether oxygens (including phenoxy) is 1. The minimum absolute atomic E-state index is 0.368. The highest BCUT2D eigenvalue weighted by atomic mass is 16.5. The van der Waals surface area contributed by atoms with Crippen LogP contribution in [0.3, 0.4) is 0 Å². The van der Waals surface area contributed by atoms with Crippen molar-refractivity contribution in [2.75, 3.05) is 20.3 Å². The van der Waals surface area contributed by atoms with Crippen molar-refractivity contribution in [3.05, 3.63) is 0 Å². The van der Waals surface area contributed by atoms with Crippen LogP contribution in [0, 0.1) is 5.92 Å². The van der Waals surface area contributed by atoms with E-state index in [4.69, 9.17) is 10.6 Å². The first-order valence-corrected chi connectivity index (χ1v) is 5.90. The molecule has 4 N–H and O–H groups in total. The van der Waals surface area contributed by atoms with Gasteiger partial charge in [-0.2, -0.15) is 0 Å². The Labute approximate surface area is 98.8 Å². The van der Waals surface area contributed by atoms with Gasteiger partial charge < -0.3 is 10.1 Å². The van der Waals surface area contributed by atoms with E-state index in [-0.39, 0.29) is 0 Å². The van der Waals surface area contributed by atoms with Crippen LogP contribution in [0.5, 0.6) is 0 Å². The molecule has 2 unspecified atom stereocenters. The molecule has 0 saturated carbocycles. The van der Waals surface area contributed by atoms with Gasteiger partial charge in [-0.15, -0.1) is 0 Å². The van der Waals surface area contributed by atoms with Gasteiger partial charge in [-0.1, -0.05) is 20.3 Å². The average Bonchev–Trinajstić information content (AvgIpc) is 2.27. The molecular formula is C11H26N4O. The van der Waals surface area contributed by atoms with Gasteiger partial charge >= 0.3 is 0 Å². The number of methoxy groups -OCH3 is 1. The van der Waals surface area contributed by atoms with Gasteiger partial charge in [0.2, 0.25) is 5.96 Å². The second kappa shape index (κ2) is 9.42. The quantitative estimate of drug-likeness (QED) is 0.199. The predicted molar refractivity (Wildman–Crippen MR) is 68.2 cm³/mol. The molecule has 5 heteroatoms. The lowest BCUT2D eigenvalue weighted by Gasteiger charge is -2.19. The average molecular weight is 230 g/mol. The molecule has 5 nitrogen and oxygen atoms in total. The first-order valence-electron chi connectivity index (χ1n) is 5.90. The normalized spacial score (nSPS) is 15.7. The van der Waals surface area contributed by atoms with Crippen molar-refractivity contribution in [2.24, 2.45) is 16.8 Å². The number of aliphatic imine (C=N–C) groups is 1. The molecule has 0 radical (unpaired) electrons. The second-order valence-corrected chi connectivity index (χ2v) is 4.16. The molecule has 0 aliphatic carbocycles. The molecule has 0 heterocycles. The van der Waals surface area contributed by atoms with E-state index in [2.05, 4.69) is 36.5 Å². The maximum absolute atomic E-state index is 5.38. The fourth-order valence-electron chi connectivity index (χ4n) is 1.44. The van der Waals surface area contributed by atoms with Crippen LogP contribution in [0.25, 0.3) is 0 Å². The monoisotopic (exact) mass is 230 g/mol. The van der Waals surface area contributed by atoms with Crippen LogP contribution in [0.15, 0.2) is 4.99 Å². The van der Waals surface area contributed by atoms with Gasteiger partial charge in [-0.3, -0.25) is 5.43 Å². The second-order valence-electron chi connectivity index (χ2n) is 4.16. The molecule has 0 aromatic heterocycles. The van der Waals surface area contributed by atoms with Gasteiger partial charge in [-0.05, 0) is 19.3 Å². The van der Waals surface area contributed by atoms with Crippen LogP contribution >= 0.6 is 0 Å². The third kappa shape index (κ3) is 7.48. The van der Waals surface area contributed by atoms with E-state index in [0.717, 1.165) is 6.42 Å². The summed E-state index contributed by atoms with van der Waals surface area (Å²) in [6.45, 7) is 7.79. The number of hydrazine groups is 1. The zero-order chi connectivity index (χ0) is 12.4. The van der Waals surface area contributed by atoms with Gasteiger partial charge in [-0.25, -0.2) is 10.8 Å². The van der Waals surface area contributed by atoms with Crippen LogP contribution < -0.4 is 16.6 Å². The summed E-state index contributed by atoms with van der Waals surface area (Å²) in [7, 11) is 1.66. The Morgan fingerprint density at radius 2 is 2.12 bits per heavy atom. The summed E-state index contributed by atoms with van der Waals surface area (Å²) in [6.07, 6.45) is 2.31. The largest absolute Gasteiger partial charge is 0.383 e. The zero-order valence-electron chi connectivity index (χ0n) is 10.9. The highest BCUT2D eigenvalue weighted by Crippen LogP contribution is 2.08. The molecule has 0 aliphatic rings. The van der Waals surface area contributed by atoms with Crippen molar-refractivity contribution in [3.63, 3.8) is 0 Å². The minimum Gasteiger partial charge on any atom is -0.383 e. The lowest BCUT2D eigenvalue weighted by molar-refractivity contribution is 0.208. The van der Waals surface area contributed by atoms with Crippen molar-refractivity contribution in [3.8, 4) is 0 Å². The van der Waals surface area contributed by atoms with E-state index in [1.54, 1.807) is 7.11 Å². The van der Waals surface area contributed by atoms with E-state index in [0.29, 0.717) is 31.1 Å². The van der Waals surface area contributed by atoms with Crippen LogP contribution in [0.4, 0.5) is 0 Å². The van der Waals surface area contributed by atoms with Gasteiger partial charge in [0, 0.05) is 13.2 Å². The van der Waals surface area contributed by atoms with E-state index in [9.17, 15) is 0 Å². The predicted octanol–water partition coefficient (Wildman–Crippen LogP) is 0.866. The summed E-state index contributed by atoms with van der Waals surface area (Å²) in [4.78, 5) is 4.25. The Bertz CT molecular complexity index is 196. The first-order chi connectivity index (χ1) is 7.63. The Balaban J connectivity index is 3.95. The summed E-state index contributed by atoms with van der Waals surface area (Å²) in [6, 6.07) is 0.368. The van der Waals surface area contributed by atoms with E-state index in [1.165, 1.54) is 6.42 Å². The number of nitrogens with zero attached hydrogens (tertiary/aromatic N) is 1. The Morgan fingerprint density at radius 3 is 2.62 bits per heavy atom. The smallest absolute Gasteiger partial charge is 0.206 e. The van der Waals surface area contributed by atoms with Crippen LogP contribution in [0.2, 0.25) is 0 Å². The number of nitrogens with one attached hydrogen (secondary N) is 2. The van der Waals surface area contributed by atoms with Gasteiger partial charge in [0.05, 0.1) is 13.2 Å². The van der Waals surface area contributed by atoms with Crippen molar-refractivity contribution >= 4 is 5.96 Å². The Morgan fingerprint density at radius 1 is 1.44 bits per heavy atom.